The van der Waals surface area contributed by atoms with Gasteiger partial charge in [-0.2, -0.15) is 0 Å². The van der Waals surface area contributed by atoms with Crippen LogP contribution in [0.2, 0.25) is 0 Å². The summed E-state index contributed by atoms with van der Waals surface area (Å²) in [7, 11) is 0. The molecule has 0 radical (unpaired) electrons. The molecule has 0 aliphatic heterocycles. The topological polar surface area (TPSA) is 34.1 Å². The highest BCUT2D eigenvalue weighted by atomic mass is 16.5. The maximum Gasteiger partial charge on any atom is 0.127 e. The maximum atomic E-state index is 6.04. The fraction of sp³-hybridized carbons (Fsp3) is 0.667. The lowest BCUT2D eigenvalue weighted by atomic mass is 10.2. The van der Waals surface area contributed by atoms with E-state index in [2.05, 4.69) is 30.2 Å². The van der Waals surface area contributed by atoms with Crippen molar-refractivity contribution in [2.75, 3.05) is 0 Å². The van der Waals surface area contributed by atoms with Crippen LogP contribution in [0, 0.1) is 6.92 Å². The van der Waals surface area contributed by atoms with E-state index >= 15 is 0 Å². The van der Waals surface area contributed by atoms with Gasteiger partial charge in [0.2, 0.25) is 0 Å². The molecule has 3 heteroatoms. The third kappa shape index (κ3) is 3.98. The van der Waals surface area contributed by atoms with Crippen molar-refractivity contribution in [2.24, 2.45) is 0 Å². The Morgan fingerprint density at radius 1 is 1.50 bits per heavy atom. The SMILES string of the molecule is CCCC(C)Oc1cc(C)ncc1CNC1CC1. The van der Waals surface area contributed by atoms with Crippen molar-refractivity contribution in [1.29, 1.82) is 0 Å². The molecule has 3 nitrogen and oxygen atoms in total. The maximum absolute atomic E-state index is 6.04. The Kier molecular flexibility index (Phi) is 4.59. The third-order valence-electron chi connectivity index (χ3n) is 3.26. The number of rotatable bonds is 7. The summed E-state index contributed by atoms with van der Waals surface area (Å²) in [5, 5.41) is 3.52. The van der Waals surface area contributed by atoms with Gasteiger partial charge in [-0.15, -0.1) is 0 Å². The normalized spacial score (nSPS) is 16.6. The quantitative estimate of drug-likeness (QED) is 0.804. The molecule has 1 aliphatic carbocycles. The van der Waals surface area contributed by atoms with Crippen molar-refractivity contribution >= 4 is 0 Å². The number of nitrogens with zero attached hydrogens (tertiary/aromatic N) is 1. The van der Waals surface area contributed by atoms with Gasteiger partial charge in [0, 0.05) is 36.1 Å². The standard InChI is InChI=1S/C15H24N2O/c1-4-5-12(3)18-15-8-11(2)16-9-13(15)10-17-14-6-7-14/h8-9,12,14,17H,4-7,10H2,1-3H3. The summed E-state index contributed by atoms with van der Waals surface area (Å²) < 4.78 is 6.04. The second-order valence-electron chi connectivity index (χ2n) is 5.31. The third-order valence-corrected chi connectivity index (χ3v) is 3.26. The molecule has 0 bridgehead atoms. The van der Waals surface area contributed by atoms with Crippen LogP contribution in [-0.4, -0.2) is 17.1 Å². The molecule has 1 aromatic rings. The first-order valence-electron chi connectivity index (χ1n) is 7.04. The van der Waals surface area contributed by atoms with Crippen LogP contribution in [0.25, 0.3) is 0 Å². The minimum absolute atomic E-state index is 0.275. The van der Waals surface area contributed by atoms with Crippen molar-refractivity contribution < 1.29 is 4.74 Å². The van der Waals surface area contributed by atoms with Gasteiger partial charge in [-0.25, -0.2) is 0 Å². The van der Waals surface area contributed by atoms with Crippen LogP contribution < -0.4 is 10.1 Å². The Bertz CT molecular complexity index is 388. The molecule has 0 aromatic carbocycles. The van der Waals surface area contributed by atoms with E-state index in [1.54, 1.807) is 0 Å². The molecule has 1 heterocycles. The van der Waals surface area contributed by atoms with E-state index in [9.17, 15) is 0 Å². The number of pyridine rings is 1. The monoisotopic (exact) mass is 248 g/mol. The van der Waals surface area contributed by atoms with Gasteiger partial charge >= 0.3 is 0 Å². The first kappa shape index (κ1) is 13.3. The summed E-state index contributed by atoms with van der Waals surface area (Å²) in [6.45, 7) is 7.20. The number of hydrogen-bond donors (Lipinski definition) is 1. The van der Waals surface area contributed by atoms with Crippen LogP contribution in [0.3, 0.4) is 0 Å². The van der Waals surface area contributed by atoms with Gasteiger partial charge in [0.1, 0.15) is 5.75 Å². The first-order valence-corrected chi connectivity index (χ1v) is 7.04. The van der Waals surface area contributed by atoms with Crippen LogP contribution >= 0.6 is 0 Å². The first-order chi connectivity index (χ1) is 8.69. The molecule has 0 spiro atoms. The second-order valence-corrected chi connectivity index (χ2v) is 5.31. The van der Waals surface area contributed by atoms with Crippen molar-refractivity contribution in [1.82, 2.24) is 10.3 Å². The van der Waals surface area contributed by atoms with Gasteiger partial charge in [-0.1, -0.05) is 13.3 Å². The lowest BCUT2D eigenvalue weighted by Crippen LogP contribution is -2.18. The van der Waals surface area contributed by atoms with Crippen LogP contribution in [0.5, 0.6) is 5.75 Å². The van der Waals surface area contributed by atoms with E-state index in [4.69, 9.17) is 4.74 Å². The second kappa shape index (κ2) is 6.19. The number of hydrogen-bond acceptors (Lipinski definition) is 3. The van der Waals surface area contributed by atoms with Crippen LogP contribution in [0.1, 0.15) is 50.8 Å². The van der Waals surface area contributed by atoms with Gasteiger partial charge in [0.05, 0.1) is 6.10 Å². The van der Waals surface area contributed by atoms with Crippen molar-refractivity contribution in [3.63, 3.8) is 0 Å². The molecule has 0 saturated heterocycles. The zero-order valence-electron chi connectivity index (χ0n) is 11.7. The summed E-state index contributed by atoms with van der Waals surface area (Å²) in [5.41, 5.74) is 2.19. The predicted molar refractivity (Wildman–Crippen MR) is 73.8 cm³/mol. The average Bonchev–Trinajstić information content (AvgIpc) is 3.12. The van der Waals surface area contributed by atoms with E-state index in [1.807, 2.05) is 13.1 Å². The summed E-state index contributed by atoms with van der Waals surface area (Å²) in [6.07, 6.45) is 7.08. The smallest absolute Gasteiger partial charge is 0.127 e. The molecule has 100 valence electrons. The molecular formula is C15H24N2O. The van der Waals surface area contributed by atoms with Crippen molar-refractivity contribution in [3.05, 3.63) is 23.5 Å². The number of aromatic nitrogens is 1. The van der Waals surface area contributed by atoms with Crippen molar-refractivity contribution in [3.8, 4) is 5.75 Å². The molecule has 18 heavy (non-hydrogen) atoms. The van der Waals surface area contributed by atoms with Crippen LogP contribution in [0.4, 0.5) is 0 Å². The zero-order chi connectivity index (χ0) is 13.0. The van der Waals surface area contributed by atoms with Gasteiger partial charge in [-0.3, -0.25) is 4.98 Å². The molecule has 1 atom stereocenters. The molecule has 1 unspecified atom stereocenters. The Morgan fingerprint density at radius 2 is 2.28 bits per heavy atom. The van der Waals surface area contributed by atoms with Crippen LogP contribution in [-0.2, 0) is 6.54 Å². The predicted octanol–water partition coefficient (Wildman–Crippen LogP) is 3.21. The number of ether oxygens (including phenoxy) is 1. The van der Waals surface area contributed by atoms with Gasteiger partial charge in [0.25, 0.3) is 0 Å². The molecule has 2 rings (SSSR count). The highest BCUT2D eigenvalue weighted by Gasteiger charge is 2.21. The molecule has 1 fully saturated rings. The summed E-state index contributed by atoms with van der Waals surface area (Å²) in [5.74, 6) is 0.997. The summed E-state index contributed by atoms with van der Waals surface area (Å²) >= 11 is 0. The summed E-state index contributed by atoms with van der Waals surface area (Å²) in [4.78, 5) is 4.37. The van der Waals surface area contributed by atoms with E-state index in [0.717, 1.165) is 30.8 Å². The highest BCUT2D eigenvalue weighted by molar-refractivity contribution is 5.33. The fourth-order valence-corrected chi connectivity index (χ4v) is 2.03. The molecule has 1 aromatic heterocycles. The Morgan fingerprint density at radius 3 is 2.94 bits per heavy atom. The molecule has 1 saturated carbocycles. The fourth-order valence-electron chi connectivity index (χ4n) is 2.03. The molecular weight excluding hydrogens is 224 g/mol. The largest absolute Gasteiger partial charge is 0.490 e. The average molecular weight is 248 g/mol. The van der Waals surface area contributed by atoms with Crippen LogP contribution in [0.15, 0.2) is 12.3 Å². The molecule has 1 N–H and O–H groups in total. The zero-order valence-corrected chi connectivity index (χ0v) is 11.7. The molecule has 1 aliphatic rings. The molecule has 0 amide bonds. The van der Waals surface area contributed by atoms with E-state index < -0.39 is 0 Å². The van der Waals surface area contributed by atoms with Gasteiger partial charge < -0.3 is 10.1 Å². The van der Waals surface area contributed by atoms with E-state index in [-0.39, 0.29) is 6.10 Å². The Labute approximate surface area is 110 Å². The minimum atomic E-state index is 0.275. The lowest BCUT2D eigenvalue weighted by Gasteiger charge is -2.17. The lowest BCUT2D eigenvalue weighted by molar-refractivity contribution is 0.207. The number of nitrogens with one attached hydrogen (secondary N) is 1. The van der Waals surface area contributed by atoms with Gasteiger partial charge in [-0.05, 0) is 33.1 Å². The summed E-state index contributed by atoms with van der Waals surface area (Å²) in [6, 6.07) is 2.77. The number of aryl methyl sites for hydroxylation is 1. The van der Waals surface area contributed by atoms with E-state index in [1.165, 1.54) is 18.4 Å². The Hall–Kier alpha value is -1.09. The van der Waals surface area contributed by atoms with Gasteiger partial charge in [0.15, 0.2) is 0 Å². The van der Waals surface area contributed by atoms with Crippen molar-refractivity contribution in [2.45, 2.75) is 65.1 Å². The highest BCUT2D eigenvalue weighted by Crippen LogP contribution is 2.24. The Balaban J connectivity index is 2.01. The van der Waals surface area contributed by atoms with E-state index in [0.29, 0.717) is 6.04 Å². The minimum Gasteiger partial charge on any atom is -0.490 e.